The maximum Gasteiger partial charge on any atom is 0.275 e. The van der Waals surface area contributed by atoms with Crippen LogP contribution in [0.1, 0.15) is 29.0 Å². The highest BCUT2D eigenvalue weighted by Gasteiger charge is 2.17. The van der Waals surface area contributed by atoms with Gasteiger partial charge in [-0.15, -0.1) is 0 Å². The number of hydrogen-bond donors (Lipinski definition) is 2. The zero-order valence-corrected chi connectivity index (χ0v) is 16.6. The van der Waals surface area contributed by atoms with Gasteiger partial charge in [-0.05, 0) is 30.7 Å². The number of carbonyl (C=O) groups excluding carboxylic acids is 2. The lowest BCUT2D eigenvalue weighted by Crippen LogP contribution is -2.36. The average molecular weight is 417 g/mol. The van der Waals surface area contributed by atoms with Crippen molar-refractivity contribution in [3.63, 3.8) is 0 Å². The number of nitrogens with two attached hydrogens (primary N) is 1. The Hall–Kier alpha value is -4.34. The van der Waals surface area contributed by atoms with E-state index < -0.39 is 17.4 Å². The van der Waals surface area contributed by atoms with E-state index in [-0.39, 0.29) is 23.7 Å². The molecule has 4 aromatic rings. The summed E-state index contributed by atoms with van der Waals surface area (Å²) in [6.07, 6.45) is 3.04. The molecule has 1 atom stereocenters. The molecule has 10 heteroatoms. The van der Waals surface area contributed by atoms with Crippen LogP contribution in [0.5, 0.6) is 0 Å². The third kappa shape index (κ3) is 4.04. The van der Waals surface area contributed by atoms with E-state index >= 15 is 0 Å². The van der Waals surface area contributed by atoms with Crippen molar-refractivity contribution in [2.24, 2.45) is 5.73 Å². The molecule has 0 saturated carbocycles. The van der Waals surface area contributed by atoms with Crippen molar-refractivity contribution in [1.82, 2.24) is 29.9 Å². The third-order valence-corrected chi connectivity index (χ3v) is 4.85. The van der Waals surface area contributed by atoms with E-state index in [1.54, 1.807) is 35.3 Å². The van der Waals surface area contributed by atoms with E-state index in [1.807, 2.05) is 31.2 Å². The first-order chi connectivity index (χ1) is 14.9. The highest BCUT2D eigenvalue weighted by Crippen LogP contribution is 2.16. The molecule has 0 aliphatic rings. The van der Waals surface area contributed by atoms with Crippen molar-refractivity contribution < 1.29 is 9.59 Å². The molecule has 4 rings (SSSR count). The number of nitrogens with zero attached hydrogens (tertiary/aromatic N) is 5. The minimum atomic E-state index is -0.772. The summed E-state index contributed by atoms with van der Waals surface area (Å²) in [5, 5.41) is 11.5. The fourth-order valence-electron chi connectivity index (χ4n) is 3.29. The maximum atomic E-state index is 12.7. The Bertz CT molecular complexity index is 1310. The minimum Gasteiger partial charge on any atom is -0.364 e. The molecule has 2 amide bonds. The number of hydrogen-bond acceptors (Lipinski definition) is 6. The van der Waals surface area contributed by atoms with Gasteiger partial charge in [0.05, 0.1) is 17.1 Å². The predicted molar refractivity (Wildman–Crippen MR) is 112 cm³/mol. The Kier molecular flexibility index (Phi) is 5.27. The molecule has 10 nitrogen and oxygen atoms in total. The van der Waals surface area contributed by atoms with Gasteiger partial charge in [0, 0.05) is 5.39 Å². The maximum absolute atomic E-state index is 12.7. The molecular weight excluding hydrogens is 398 g/mol. The van der Waals surface area contributed by atoms with Crippen molar-refractivity contribution in [1.29, 1.82) is 0 Å². The van der Waals surface area contributed by atoms with Crippen molar-refractivity contribution in [2.75, 3.05) is 0 Å². The number of nitrogens with one attached hydrogen (secondary N) is 1. The van der Waals surface area contributed by atoms with Gasteiger partial charge < -0.3 is 11.1 Å². The van der Waals surface area contributed by atoms with Crippen molar-refractivity contribution in [3.8, 4) is 5.69 Å². The van der Waals surface area contributed by atoms with Gasteiger partial charge in [0.2, 0.25) is 5.91 Å². The molecule has 0 spiro atoms. The summed E-state index contributed by atoms with van der Waals surface area (Å²) in [5.74, 6) is -1.20. The number of primary amides is 1. The zero-order chi connectivity index (χ0) is 22.0. The van der Waals surface area contributed by atoms with E-state index in [9.17, 15) is 14.4 Å². The quantitative estimate of drug-likeness (QED) is 0.479. The van der Waals surface area contributed by atoms with Gasteiger partial charge in [0.1, 0.15) is 19.2 Å². The van der Waals surface area contributed by atoms with Gasteiger partial charge in [-0.25, -0.2) is 14.3 Å². The van der Waals surface area contributed by atoms with E-state index in [2.05, 4.69) is 20.5 Å². The second-order valence-corrected chi connectivity index (χ2v) is 6.94. The molecule has 2 aromatic heterocycles. The fourth-order valence-corrected chi connectivity index (χ4v) is 3.29. The van der Waals surface area contributed by atoms with Gasteiger partial charge in [-0.3, -0.25) is 14.4 Å². The van der Waals surface area contributed by atoms with E-state index in [0.717, 1.165) is 15.9 Å². The van der Waals surface area contributed by atoms with Gasteiger partial charge >= 0.3 is 0 Å². The van der Waals surface area contributed by atoms with Gasteiger partial charge in [-0.2, -0.15) is 10.2 Å². The van der Waals surface area contributed by atoms with Crippen LogP contribution in [-0.4, -0.2) is 36.4 Å². The van der Waals surface area contributed by atoms with Crippen LogP contribution in [0.15, 0.2) is 66.0 Å². The topological polar surface area (TPSA) is 138 Å². The van der Waals surface area contributed by atoms with Crippen molar-refractivity contribution in [3.05, 3.63) is 82.8 Å². The molecule has 31 heavy (non-hydrogen) atoms. The van der Waals surface area contributed by atoms with Crippen LogP contribution in [0.4, 0.5) is 0 Å². The molecule has 0 saturated heterocycles. The largest absolute Gasteiger partial charge is 0.364 e. The molecule has 0 unspecified atom stereocenters. The van der Waals surface area contributed by atoms with Crippen LogP contribution in [0.25, 0.3) is 16.5 Å². The van der Waals surface area contributed by atoms with Crippen LogP contribution in [-0.2, 0) is 11.3 Å². The molecule has 2 heterocycles. The summed E-state index contributed by atoms with van der Waals surface area (Å²) in [7, 11) is 0. The summed E-state index contributed by atoms with van der Waals surface area (Å²) in [6, 6.07) is 13.7. The first kappa shape index (κ1) is 20.0. The Morgan fingerprint density at radius 1 is 1.10 bits per heavy atom. The van der Waals surface area contributed by atoms with Crippen LogP contribution in [0.3, 0.4) is 0 Å². The van der Waals surface area contributed by atoms with E-state index in [1.165, 1.54) is 6.33 Å². The zero-order valence-electron chi connectivity index (χ0n) is 16.6. The third-order valence-electron chi connectivity index (χ3n) is 4.85. The average Bonchev–Trinajstić information content (AvgIpc) is 3.30. The number of fused-ring (bicyclic) bond motifs is 1. The highest BCUT2D eigenvalue weighted by atomic mass is 16.2. The van der Waals surface area contributed by atoms with Gasteiger partial charge in [0.15, 0.2) is 5.69 Å². The summed E-state index contributed by atoms with van der Waals surface area (Å²) >= 11 is 0. The van der Waals surface area contributed by atoms with Crippen molar-refractivity contribution >= 4 is 22.6 Å². The Balaban J connectivity index is 1.52. The summed E-state index contributed by atoms with van der Waals surface area (Å²) in [6.45, 7) is 1.49. The monoisotopic (exact) mass is 417 g/mol. The normalized spacial score (nSPS) is 11.9. The molecule has 3 N–H and O–H groups in total. The summed E-state index contributed by atoms with van der Waals surface area (Å²) in [5.41, 5.74) is 6.59. The smallest absolute Gasteiger partial charge is 0.275 e. The molecule has 2 aromatic carbocycles. The lowest BCUT2D eigenvalue weighted by atomic mass is 10.1. The fraction of sp³-hybridized carbons (Fsp3) is 0.143. The lowest BCUT2D eigenvalue weighted by molar-refractivity contribution is -0.122. The molecule has 0 radical (unpaired) electrons. The highest BCUT2D eigenvalue weighted by molar-refractivity contribution is 6.04. The SMILES string of the molecule is C[C@H](NC(=O)Cn1nc(C(N)=O)c2ccccc2c1=O)c1ccc(-n2cncn2)cc1. The van der Waals surface area contributed by atoms with Gasteiger partial charge in [0.25, 0.3) is 11.5 Å². The second-order valence-electron chi connectivity index (χ2n) is 6.94. The van der Waals surface area contributed by atoms with Crippen LogP contribution in [0, 0.1) is 0 Å². The molecule has 0 bridgehead atoms. The van der Waals surface area contributed by atoms with Crippen LogP contribution < -0.4 is 16.6 Å². The molecule has 0 aliphatic heterocycles. The molecule has 0 fully saturated rings. The van der Waals surface area contributed by atoms with Crippen LogP contribution >= 0.6 is 0 Å². The van der Waals surface area contributed by atoms with E-state index in [0.29, 0.717) is 5.39 Å². The Morgan fingerprint density at radius 3 is 2.45 bits per heavy atom. The van der Waals surface area contributed by atoms with E-state index in [4.69, 9.17) is 5.73 Å². The lowest BCUT2D eigenvalue weighted by Gasteiger charge is -2.16. The number of carbonyl (C=O) groups is 2. The number of amides is 2. The first-order valence-electron chi connectivity index (χ1n) is 9.48. The number of rotatable bonds is 6. The summed E-state index contributed by atoms with van der Waals surface area (Å²) in [4.78, 5) is 41.0. The van der Waals surface area contributed by atoms with Gasteiger partial charge in [-0.1, -0.05) is 30.3 Å². The molecule has 0 aliphatic carbocycles. The minimum absolute atomic E-state index is 0.0558. The number of benzene rings is 2. The Labute approximate surface area is 176 Å². The molecule has 156 valence electrons. The van der Waals surface area contributed by atoms with Crippen LogP contribution in [0.2, 0.25) is 0 Å². The second kappa shape index (κ2) is 8.19. The number of aromatic nitrogens is 5. The molecular formula is C21H19N7O3. The summed E-state index contributed by atoms with van der Waals surface area (Å²) < 4.78 is 2.58. The predicted octanol–water partition coefficient (Wildman–Crippen LogP) is 0.953. The standard InChI is InChI=1S/C21H19N7O3/c1-13(14-6-8-15(9-7-14)28-12-23-11-24-28)25-18(29)10-27-21(31)17-5-3-2-4-16(17)19(26-27)20(22)30/h2-9,11-13H,10H2,1H3,(H2,22,30)(H,25,29)/t13-/m0/s1. The van der Waals surface area contributed by atoms with Crippen molar-refractivity contribution in [2.45, 2.75) is 19.5 Å². The first-order valence-corrected chi connectivity index (χ1v) is 9.48. The Morgan fingerprint density at radius 2 is 1.81 bits per heavy atom.